The molecule has 0 radical (unpaired) electrons. The van der Waals surface area contributed by atoms with Crippen LogP contribution in [0.25, 0.3) is 0 Å². The Balaban J connectivity index is 2.02. The molecule has 1 amide bonds. The van der Waals surface area contributed by atoms with E-state index in [0.717, 1.165) is 0 Å². The third-order valence-corrected chi connectivity index (χ3v) is 3.03. The first-order valence-corrected chi connectivity index (χ1v) is 6.02. The summed E-state index contributed by atoms with van der Waals surface area (Å²) < 4.78 is 5.41. The molecule has 0 atom stereocenters. The molecular weight excluding hydrogens is 266 g/mol. The van der Waals surface area contributed by atoms with Crippen LogP contribution < -0.4 is 10.6 Å². The van der Waals surface area contributed by atoms with E-state index in [1.54, 1.807) is 0 Å². The maximum Gasteiger partial charge on any atom is 0.296 e. The monoisotopic (exact) mass is 281 g/mol. The number of carbonyl (C=O) groups is 1. The lowest BCUT2D eigenvalue weighted by Gasteiger charge is -2.38. The second-order valence-corrected chi connectivity index (χ2v) is 4.82. The Morgan fingerprint density at radius 1 is 1.60 bits per heavy atom. The molecule has 8 heteroatoms. The van der Waals surface area contributed by atoms with Crippen molar-refractivity contribution in [1.82, 2.24) is 5.32 Å². The minimum atomic E-state index is -0.673. The van der Waals surface area contributed by atoms with E-state index in [4.69, 9.17) is 4.74 Å². The van der Waals surface area contributed by atoms with Crippen molar-refractivity contribution in [2.75, 3.05) is 25.0 Å². The number of carbonyl (C=O) groups excluding carboxylic acids is 1. The van der Waals surface area contributed by atoms with Gasteiger partial charge in [0, 0.05) is 19.2 Å². The summed E-state index contributed by atoms with van der Waals surface area (Å²) in [5, 5.41) is 25.8. The standard InChI is InChI=1S/C12H15N3O5/c1-12(6-13-7-12)20-5-10(17)14-11-8(15(18)19)3-2-4-9(11)16/h2-4,13,16H,5-7H2,1H3,(H,14,17). The molecule has 0 bridgehead atoms. The number of nitro groups is 1. The Kier molecular flexibility index (Phi) is 3.86. The second-order valence-electron chi connectivity index (χ2n) is 4.82. The SMILES string of the molecule is CC1(OCC(=O)Nc2c(O)cccc2[N+](=O)[O-])CNC1. The fraction of sp³-hybridized carbons (Fsp3) is 0.417. The Morgan fingerprint density at radius 3 is 2.85 bits per heavy atom. The van der Waals surface area contributed by atoms with Gasteiger partial charge < -0.3 is 20.5 Å². The van der Waals surface area contributed by atoms with Gasteiger partial charge in [-0.05, 0) is 13.0 Å². The quantitative estimate of drug-likeness (QED) is 0.414. The van der Waals surface area contributed by atoms with Crippen LogP contribution in [0.15, 0.2) is 18.2 Å². The molecule has 1 heterocycles. The van der Waals surface area contributed by atoms with Crippen LogP contribution in [0.4, 0.5) is 11.4 Å². The van der Waals surface area contributed by atoms with Gasteiger partial charge in [0.2, 0.25) is 0 Å². The fourth-order valence-electron chi connectivity index (χ4n) is 1.80. The van der Waals surface area contributed by atoms with E-state index in [2.05, 4.69) is 10.6 Å². The number of hydrogen-bond acceptors (Lipinski definition) is 6. The van der Waals surface area contributed by atoms with Crippen molar-refractivity contribution < 1.29 is 19.6 Å². The van der Waals surface area contributed by atoms with Crippen LogP contribution in [0.3, 0.4) is 0 Å². The predicted octanol–water partition coefficient (Wildman–Crippen LogP) is 0.617. The number of aromatic hydroxyl groups is 1. The van der Waals surface area contributed by atoms with Gasteiger partial charge in [-0.3, -0.25) is 14.9 Å². The highest BCUT2D eigenvalue weighted by molar-refractivity contribution is 5.95. The van der Waals surface area contributed by atoms with Crippen LogP contribution in [0, 0.1) is 10.1 Å². The minimum absolute atomic E-state index is 0.219. The molecule has 108 valence electrons. The molecule has 2 rings (SSSR count). The van der Waals surface area contributed by atoms with Crippen molar-refractivity contribution in [3.8, 4) is 5.75 Å². The molecule has 1 aliphatic heterocycles. The van der Waals surface area contributed by atoms with Crippen LogP contribution in [0.5, 0.6) is 5.75 Å². The summed E-state index contributed by atoms with van der Waals surface area (Å²) in [6.45, 7) is 2.93. The van der Waals surface area contributed by atoms with Crippen molar-refractivity contribution in [2.24, 2.45) is 0 Å². The lowest BCUT2D eigenvalue weighted by atomic mass is 10.0. The van der Waals surface area contributed by atoms with Gasteiger partial charge in [0.15, 0.2) is 5.69 Å². The molecule has 3 N–H and O–H groups in total. The van der Waals surface area contributed by atoms with Gasteiger partial charge in [0.1, 0.15) is 12.4 Å². The lowest BCUT2D eigenvalue weighted by molar-refractivity contribution is -0.384. The van der Waals surface area contributed by atoms with Gasteiger partial charge in [-0.1, -0.05) is 6.07 Å². The Morgan fingerprint density at radius 2 is 2.30 bits per heavy atom. The first kappa shape index (κ1) is 14.2. The van der Waals surface area contributed by atoms with E-state index in [-0.39, 0.29) is 29.3 Å². The van der Waals surface area contributed by atoms with Crippen molar-refractivity contribution >= 4 is 17.3 Å². The van der Waals surface area contributed by atoms with Crippen molar-refractivity contribution in [1.29, 1.82) is 0 Å². The van der Waals surface area contributed by atoms with E-state index in [0.29, 0.717) is 13.1 Å². The van der Waals surface area contributed by atoms with Crippen LogP contribution in [-0.4, -0.2) is 41.2 Å². The molecule has 1 aromatic carbocycles. The molecule has 0 saturated carbocycles. The van der Waals surface area contributed by atoms with E-state index in [9.17, 15) is 20.0 Å². The minimum Gasteiger partial charge on any atom is -0.505 e. The topological polar surface area (TPSA) is 114 Å². The highest BCUT2D eigenvalue weighted by Crippen LogP contribution is 2.33. The molecular formula is C12H15N3O5. The van der Waals surface area contributed by atoms with Crippen LogP contribution in [-0.2, 0) is 9.53 Å². The smallest absolute Gasteiger partial charge is 0.296 e. The van der Waals surface area contributed by atoms with E-state index < -0.39 is 10.8 Å². The van der Waals surface area contributed by atoms with E-state index in [1.807, 2.05) is 6.92 Å². The molecule has 1 saturated heterocycles. The maximum absolute atomic E-state index is 11.7. The van der Waals surface area contributed by atoms with E-state index in [1.165, 1.54) is 18.2 Å². The van der Waals surface area contributed by atoms with Gasteiger partial charge in [-0.15, -0.1) is 0 Å². The summed E-state index contributed by atoms with van der Waals surface area (Å²) >= 11 is 0. The molecule has 1 fully saturated rings. The largest absolute Gasteiger partial charge is 0.505 e. The summed E-state index contributed by atoms with van der Waals surface area (Å²) in [6.07, 6.45) is 0. The molecule has 0 aromatic heterocycles. The number of phenols is 1. The molecule has 8 nitrogen and oxygen atoms in total. The molecule has 1 aliphatic rings. The molecule has 0 unspecified atom stereocenters. The van der Waals surface area contributed by atoms with Crippen LogP contribution in [0.1, 0.15) is 6.92 Å². The molecule has 0 aliphatic carbocycles. The van der Waals surface area contributed by atoms with Gasteiger partial charge >= 0.3 is 0 Å². The fourth-order valence-corrected chi connectivity index (χ4v) is 1.80. The number of nitrogens with one attached hydrogen (secondary N) is 2. The Bertz CT molecular complexity index is 542. The molecule has 1 aromatic rings. The number of phenolic OH excluding ortho intramolecular Hbond substituents is 1. The molecule has 20 heavy (non-hydrogen) atoms. The first-order chi connectivity index (χ1) is 9.41. The second kappa shape index (κ2) is 5.43. The molecule has 0 spiro atoms. The van der Waals surface area contributed by atoms with Crippen molar-refractivity contribution in [3.63, 3.8) is 0 Å². The van der Waals surface area contributed by atoms with Gasteiger partial charge in [-0.2, -0.15) is 0 Å². The van der Waals surface area contributed by atoms with Gasteiger partial charge in [-0.25, -0.2) is 0 Å². The van der Waals surface area contributed by atoms with Crippen molar-refractivity contribution in [2.45, 2.75) is 12.5 Å². The average molecular weight is 281 g/mol. The number of ether oxygens (including phenoxy) is 1. The number of nitrogens with zero attached hydrogens (tertiary/aromatic N) is 1. The number of rotatable bonds is 5. The lowest BCUT2D eigenvalue weighted by Crippen LogP contribution is -2.59. The number of nitro benzene ring substituents is 1. The van der Waals surface area contributed by atoms with E-state index >= 15 is 0 Å². The summed E-state index contributed by atoms with van der Waals surface area (Å²) in [5.74, 6) is -0.910. The number of hydrogen-bond donors (Lipinski definition) is 3. The third kappa shape index (κ3) is 3.03. The first-order valence-electron chi connectivity index (χ1n) is 6.02. The number of para-hydroxylation sites is 1. The zero-order chi connectivity index (χ0) is 14.8. The summed E-state index contributed by atoms with van der Waals surface area (Å²) in [6, 6.07) is 3.80. The normalized spacial score (nSPS) is 16.2. The highest BCUT2D eigenvalue weighted by Gasteiger charge is 2.33. The third-order valence-electron chi connectivity index (χ3n) is 3.03. The van der Waals surface area contributed by atoms with Crippen LogP contribution in [0.2, 0.25) is 0 Å². The van der Waals surface area contributed by atoms with Gasteiger partial charge in [0.05, 0.1) is 10.5 Å². The van der Waals surface area contributed by atoms with Gasteiger partial charge in [0.25, 0.3) is 11.6 Å². The average Bonchev–Trinajstić information content (AvgIpc) is 2.36. The summed E-state index contributed by atoms with van der Waals surface area (Å²) in [7, 11) is 0. The summed E-state index contributed by atoms with van der Waals surface area (Å²) in [4.78, 5) is 21.9. The number of anilines is 1. The highest BCUT2D eigenvalue weighted by atomic mass is 16.6. The number of amides is 1. The zero-order valence-corrected chi connectivity index (χ0v) is 10.9. The van der Waals surface area contributed by atoms with Crippen molar-refractivity contribution in [3.05, 3.63) is 28.3 Å². The zero-order valence-electron chi connectivity index (χ0n) is 10.9. The predicted molar refractivity (Wildman–Crippen MR) is 70.6 cm³/mol. The summed E-state index contributed by atoms with van der Waals surface area (Å²) in [5.41, 5.74) is -0.972. The number of benzene rings is 1. The maximum atomic E-state index is 11.7. The Hall–Kier alpha value is -2.19. The van der Waals surface area contributed by atoms with Crippen LogP contribution >= 0.6 is 0 Å². The Labute approximate surface area is 114 Å².